The van der Waals surface area contributed by atoms with Gasteiger partial charge in [-0.3, -0.25) is 14.8 Å². The number of hydrogen-bond acceptors (Lipinski definition) is 4. The van der Waals surface area contributed by atoms with Gasteiger partial charge in [-0.1, -0.05) is 42.5 Å². The van der Waals surface area contributed by atoms with Gasteiger partial charge in [0.2, 0.25) is 0 Å². The molecule has 2 atom stereocenters. The fourth-order valence-electron chi connectivity index (χ4n) is 5.09. The van der Waals surface area contributed by atoms with Crippen molar-refractivity contribution in [3.8, 4) is 0 Å². The van der Waals surface area contributed by atoms with Crippen LogP contribution in [0.3, 0.4) is 0 Å². The van der Waals surface area contributed by atoms with Gasteiger partial charge >= 0.3 is 0 Å². The van der Waals surface area contributed by atoms with Crippen molar-refractivity contribution in [1.82, 2.24) is 9.97 Å². The molecule has 4 aromatic rings. The van der Waals surface area contributed by atoms with Gasteiger partial charge < -0.3 is 5.32 Å². The molecule has 2 aliphatic rings. The van der Waals surface area contributed by atoms with Crippen molar-refractivity contribution in [2.75, 3.05) is 5.32 Å². The van der Waals surface area contributed by atoms with Gasteiger partial charge in [-0.25, -0.2) is 0 Å². The number of rotatable bonds is 2. The van der Waals surface area contributed by atoms with E-state index in [1.165, 1.54) is 5.56 Å². The first-order chi connectivity index (χ1) is 15.3. The Labute approximate surface area is 180 Å². The first kappa shape index (κ1) is 18.0. The quantitative estimate of drug-likeness (QED) is 0.474. The Morgan fingerprint density at radius 3 is 2.48 bits per heavy atom. The second-order valence-electron chi connectivity index (χ2n) is 8.24. The molecule has 2 aromatic carbocycles. The van der Waals surface area contributed by atoms with Crippen molar-refractivity contribution in [3.05, 3.63) is 113 Å². The lowest BCUT2D eigenvalue weighted by Crippen LogP contribution is -2.30. The van der Waals surface area contributed by atoms with Gasteiger partial charge in [-0.15, -0.1) is 0 Å². The number of nitrogens with zero attached hydrogens (tertiary/aromatic N) is 2. The molecular formula is C27H21N3O. The lowest BCUT2D eigenvalue weighted by atomic mass is 9.72. The summed E-state index contributed by atoms with van der Waals surface area (Å²) in [6.07, 6.45) is 4.95. The second kappa shape index (κ2) is 7.17. The average molecular weight is 403 g/mol. The highest BCUT2D eigenvalue weighted by molar-refractivity contribution is 6.04. The van der Waals surface area contributed by atoms with E-state index in [1.807, 2.05) is 54.7 Å². The number of Topliss-reactive ketones (excluding diaryl/α,β-unsaturated/α-hetero) is 1. The van der Waals surface area contributed by atoms with E-state index >= 15 is 0 Å². The number of aromatic nitrogens is 2. The zero-order chi connectivity index (χ0) is 20.8. The van der Waals surface area contributed by atoms with Crippen LogP contribution in [-0.4, -0.2) is 15.8 Å². The summed E-state index contributed by atoms with van der Waals surface area (Å²) in [4.78, 5) is 22.8. The molecule has 6 rings (SSSR count). The molecule has 0 saturated heterocycles. The molecule has 1 N–H and O–H groups in total. The highest BCUT2D eigenvalue weighted by Crippen LogP contribution is 2.49. The van der Waals surface area contributed by atoms with Gasteiger partial charge in [-0.2, -0.15) is 0 Å². The van der Waals surface area contributed by atoms with Crippen LogP contribution in [0, 0.1) is 0 Å². The molecule has 4 heteroatoms. The zero-order valence-corrected chi connectivity index (χ0v) is 17.0. The number of ketones is 1. The van der Waals surface area contributed by atoms with Crippen LogP contribution in [0.15, 0.2) is 96.5 Å². The molecular weight excluding hydrogens is 382 g/mol. The molecule has 31 heavy (non-hydrogen) atoms. The van der Waals surface area contributed by atoms with Crippen LogP contribution >= 0.6 is 0 Å². The topological polar surface area (TPSA) is 54.9 Å². The summed E-state index contributed by atoms with van der Waals surface area (Å²) in [7, 11) is 0. The van der Waals surface area contributed by atoms with Crippen molar-refractivity contribution in [3.63, 3.8) is 0 Å². The summed E-state index contributed by atoms with van der Waals surface area (Å²) in [6.45, 7) is 0. The third-order valence-electron chi connectivity index (χ3n) is 6.45. The standard InChI is InChI=1S/C27H21N3O/c31-24-16-18(17-7-2-1-3-8-17)15-23-26(24)27(21-10-4-5-13-29-21)25-19-9-6-14-28-20(19)11-12-22(25)30-23/h1-14,18,27,30H,15-16H2. The van der Waals surface area contributed by atoms with Crippen LogP contribution in [-0.2, 0) is 4.79 Å². The van der Waals surface area contributed by atoms with Crippen LogP contribution in [0.5, 0.6) is 0 Å². The number of carbonyl (C=O) groups excluding carboxylic acids is 1. The number of nitrogens with one attached hydrogen (secondary N) is 1. The fourth-order valence-corrected chi connectivity index (χ4v) is 5.09. The van der Waals surface area contributed by atoms with Crippen molar-refractivity contribution in [2.45, 2.75) is 24.7 Å². The lowest BCUT2D eigenvalue weighted by Gasteiger charge is -2.36. The van der Waals surface area contributed by atoms with E-state index in [0.717, 1.165) is 45.5 Å². The summed E-state index contributed by atoms with van der Waals surface area (Å²) < 4.78 is 0. The van der Waals surface area contributed by atoms with E-state index in [0.29, 0.717) is 6.42 Å². The smallest absolute Gasteiger partial charge is 0.162 e. The lowest BCUT2D eigenvalue weighted by molar-refractivity contribution is -0.116. The average Bonchev–Trinajstić information content (AvgIpc) is 2.83. The number of allylic oxidation sites excluding steroid dienone is 2. The number of benzene rings is 2. The van der Waals surface area contributed by atoms with Crippen molar-refractivity contribution < 1.29 is 4.79 Å². The van der Waals surface area contributed by atoms with Crippen LogP contribution in [0.1, 0.15) is 41.5 Å². The van der Waals surface area contributed by atoms with Crippen molar-refractivity contribution in [2.24, 2.45) is 0 Å². The molecule has 4 nitrogen and oxygen atoms in total. The van der Waals surface area contributed by atoms with E-state index in [9.17, 15) is 4.79 Å². The van der Waals surface area contributed by atoms with Crippen LogP contribution in [0.2, 0.25) is 0 Å². The predicted octanol–water partition coefficient (Wildman–Crippen LogP) is 5.59. The molecule has 2 aromatic heterocycles. The van der Waals surface area contributed by atoms with Crippen molar-refractivity contribution >= 4 is 22.4 Å². The monoisotopic (exact) mass is 403 g/mol. The molecule has 0 spiro atoms. The predicted molar refractivity (Wildman–Crippen MR) is 122 cm³/mol. The first-order valence-electron chi connectivity index (χ1n) is 10.7. The van der Waals surface area contributed by atoms with E-state index in [1.54, 1.807) is 6.20 Å². The third kappa shape index (κ3) is 2.95. The van der Waals surface area contributed by atoms with Gasteiger partial charge in [0, 0.05) is 41.2 Å². The van der Waals surface area contributed by atoms with Gasteiger partial charge in [0.05, 0.1) is 17.1 Å². The maximum Gasteiger partial charge on any atom is 0.162 e. The Balaban J connectivity index is 1.56. The number of pyridine rings is 2. The van der Waals surface area contributed by atoms with E-state index in [4.69, 9.17) is 0 Å². The molecule has 0 fully saturated rings. The van der Waals surface area contributed by atoms with E-state index in [-0.39, 0.29) is 17.6 Å². The number of anilines is 1. The molecule has 0 saturated carbocycles. The SMILES string of the molecule is O=C1CC(c2ccccc2)CC2=C1C(c1ccccn1)c1c(ccc3ncccc13)N2. The Kier molecular flexibility index (Phi) is 4.17. The molecule has 0 bridgehead atoms. The maximum atomic E-state index is 13.6. The summed E-state index contributed by atoms with van der Waals surface area (Å²) in [6, 6.07) is 24.5. The summed E-state index contributed by atoms with van der Waals surface area (Å²) in [5, 5.41) is 4.69. The third-order valence-corrected chi connectivity index (χ3v) is 6.45. The highest BCUT2D eigenvalue weighted by Gasteiger charge is 2.39. The minimum Gasteiger partial charge on any atom is -0.358 e. The first-order valence-corrected chi connectivity index (χ1v) is 10.7. The summed E-state index contributed by atoms with van der Waals surface area (Å²) >= 11 is 0. The molecule has 1 aliphatic carbocycles. The molecule has 2 unspecified atom stereocenters. The highest BCUT2D eigenvalue weighted by atomic mass is 16.1. The molecule has 3 heterocycles. The minimum absolute atomic E-state index is 0.188. The number of carbonyl (C=O) groups is 1. The van der Waals surface area contributed by atoms with Gasteiger partial charge in [0.1, 0.15) is 0 Å². The normalized spacial score (nSPS) is 20.2. The van der Waals surface area contributed by atoms with Crippen LogP contribution in [0.25, 0.3) is 10.9 Å². The molecule has 0 radical (unpaired) electrons. The summed E-state index contributed by atoms with van der Waals surface area (Å²) in [5.74, 6) is 0.197. The fraction of sp³-hybridized carbons (Fsp3) is 0.148. The van der Waals surface area contributed by atoms with Gasteiger partial charge in [0.15, 0.2) is 5.78 Å². The van der Waals surface area contributed by atoms with Gasteiger partial charge in [0.25, 0.3) is 0 Å². The van der Waals surface area contributed by atoms with E-state index in [2.05, 4.69) is 39.6 Å². The Hall–Kier alpha value is -3.79. The second-order valence-corrected chi connectivity index (χ2v) is 8.24. The number of hydrogen-bond donors (Lipinski definition) is 1. The summed E-state index contributed by atoms with van der Waals surface area (Å²) in [5.41, 5.74) is 7.06. The largest absolute Gasteiger partial charge is 0.358 e. The maximum absolute atomic E-state index is 13.6. The van der Waals surface area contributed by atoms with Crippen molar-refractivity contribution in [1.29, 1.82) is 0 Å². The number of fused-ring (bicyclic) bond motifs is 3. The zero-order valence-electron chi connectivity index (χ0n) is 17.0. The van der Waals surface area contributed by atoms with E-state index < -0.39 is 0 Å². The Morgan fingerprint density at radius 2 is 1.65 bits per heavy atom. The van der Waals surface area contributed by atoms with Crippen LogP contribution < -0.4 is 5.32 Å². The molecule has 0 amide bonds. The van der Waals surface area contributed by atoms with Crippen LogP contribution in [0.4, 0.5) is 5.69 Å². The Bertz CT molecular complexity index is 1330. The van der Waals surface area contributed by atoms with Gasteiger partial charge in [-0.05, 0) is 53.8 Å². The molecule has 1 aliphatic heterocycles. The molecule has 150 valence electrons. The minimum atomic E-state index is -0.190. The Morgan fingerprint density at radius 1 is 0.806 bits per heavy atom.